The van der Waals surface area contributed by atoms with Crippen LogP contribution in [0.3, 0.4) is 0 Å². The van der Waals surface area contributed by atoms with Crippen molar-refractivity contribution in [3.63, 3.8) is 0 Å². The first-order chi connectivity index (χ1) is 55.6. The number of rotatable bonds is 12. The third kappa shape index (κ3) is 11.1. The summed E-state index contributed by atoms with van der Waals surface area (Å²) in [6.45, 7) is 0. The molecule has 0 bridgehead atoms. The van der Waals surface area contributed by atoms with Gasteiger partial charge in [0.1, 0.15) is 0 Å². The Morgan fingerprint density at radius 3 is 0.571 bits per heavy atom. The first-order valence-electron chi connectivity index (χ1n) is 37.4. The van der Waals surface area contributed by atoms with E-state index in [0.717, 1.165) is 116 Å². The average Bonchev–Trinajstić information content (AvgIpc) is 1.56. The fraction of sp³-hybridized carbons (Fsp3) is 0. The molecule has 0 amide bonds. The van der Waals surface area contributed by atoms with Gasteiger partial charge in [-0.05, 0) is 82.9 Å². The van der Waals surface area contributed by atoms with Crippen LogP contribution in [-0.4, -0.2) is 63.1 Å². The number of fused-ring (bicyclic) bond motifs is 12. The van der Waals surface area contributed by atoms with E-state index < -0.39 is 0 Å². The Hall–Kier alpha value is -15.5. The summed E-state index contributed by atoms with van der Waals surface area (Å²) in [5.74, 6) is 5.39. The van der Waals surface area contributed by atoms with E-state index >= 15 is 0 Å². The van der Waals surface area contributed by atoms with Crippen LogP contribution in [0.25, 0.3) is 201 Å². The maximum absolute atomic E-state index is 5.18. The molecule has 13 nitrogen and oxygen atoms in total. The maximum Gasteiger partial charge on any atom is 0.238 e. The van der Waals surface area contributed by atoms with E-state index in [1.165, 1.54) is 32.9 Å². The average molecular weight is 1430 g/mol. The topological polar surface area (TPSA) is 136 Å². The van der Waals surface area contributed by atoms with Crippen molar-refractivity contribution in [2.75, 3.05) is 0 Å². The van der Waals surface area contributed by atoms with Crippen molar-refractivity contribution in [1.82, 2.24) is 63.1 Å². The van der Waals surface area contributed by atoms with Gasteiger partial charge >= 0.3 is 0 Å². The summed E-state index contributed by atoms with van der Waals surface area (Å²) in [5.41, 5.74) is 19.7. The molecule has 7 heterocycles. The van der Waals surface area contributed by atoms with Crippen LogP contribution in [0, 0.1) is 0 Å². The minimum atomic E-state index is 0.550. The van der Waals surface area contributed by atoms with Crippen LogP contribution in [-0.2, 0) is 0 Å². The van der Waals surface area contributed by atoms with Gasteiger partial charge in [-0.1, -0.05) is 322 Å². The zero-order chi connectivity index (χ0) is 74.0. The Balaban J connectivity index is 0.000000145. The highest BCUT2D eigenvalue weighted by molar-refractivity contribution is 6.24. The van der Waals surface area contributed by atoms with Crippen LogP contribution in [0.4, 0.5) is 0 Å². The minimum Gasteiger partial charge on any atom is -0.309 e. The number of para-hydroxylation sites is 5. The first kappa shape index (κ1) is 64.9. The van der Waals surface area contributed by atoms with Crippen molar-refractivity contribution in [2.24, 2.45) is 0 Å². The number of hydrogen-bond donors (Lipinski definition) is 0. The zero-order valence-electron chi connectivity index (χ0n) is 60.2. The van der Waals surface area contributed by atoms with Crippen molar-refractivity contribution < 1.29 is 0 Å². The van der Waals surface area contributed by atoms with Crippen LogP contribution >= 0.6 is 0 Å². The molecule has 112 heavy (non-hydrogen) atoms. The molecule has 22 aromatic rings. The van der Waals surface area contributed by atoms with Gasteiger partial charge in [0.05, 0.1) is 44.1 Å². The molecule has 0 aliphatic heterocycles. The summed E-state index contributed by atoms with van der Waals surface area (Å²) in [4.78, 5) is 45.9. The van der Waals surface area contributed by atoms with Gasteiger partial charge in [-0.25, -0.2) is 15.0 Å². The summed E-state index contributed by atoms with van der Waals surface area (Å²) in [6.07, 6.45) is 0. The lowest BCUT2D eigenvalue weighted by Crippen LogP contribution is -2.06. The van der Waals surface area contributed by atoms with Gasteiger partial charge in [0.25, 0.3) is 0 Å². The van der Waals surface area contributed by atoms with E-state index in [1.807, 2.05) is 182 Å². The molecule has 524 valence electrons. The van der Waals surface area contributed by atoms with Crippen LogP contribution in [0.15, 0.2) is 382 Å². The molecular formula is C99H63N13. The van der Waals surface area contributed by atoms with Crippen molar-refractivity contribution in [2.45, 2.75) is 0 Å². The van der Waals surface area contributed by atoms with Crippen molar-refractivity contribution in [3.8, 4) is 114 Å². The van der Waals surface area contributed by atoms with E-state index in [4.69, 9.17) is 44.9 Å². The van der Waals surface area contributed by atoms with Crippen molar-refractivity contribution in [1.29, 1.82) is 0 Å². The molecule has 0 aliphatic rings. The molecule has 0 atom stereocenters. The van der Waals surface area contributed by atoms with Crippen LogP contribution in [0.5, 0.6) is 0 Å². The minimum absolute atomic E-state index is 0.550. The van der Waals surface area contributed by atoms with Crippen molar-refractivity contribution >= 4 is 87.2 Å². The number of benzene rings is 15. The highest BCUT2D eigenvalue weighted by Gasteiger charge is 2.27. The lowest BCUT2D eigenvalue weighted by molar-refractivity contribution is 0.953. The van der Waals surface area contributed by atoms with E-state index in [1.54, 1.807) is 0 Å². The Kier molecular flexibility index (Phi) is 15.9. The quantitative estimate of drug-likeness (QED) is 0.117. The smallest absolute Gasteiger partial charge is 0.238 e. The SMILES string of the molecule is c1ccc(-c2nc(-c3ccccc3)nc(-n3c4ccccc4c4c(-c5cccc6c5c5ccccc5n6-c5ccccc5)cccc43)n2)cc1.c1ccc(-c2nc(-c3ccccc3)nc(-n3c4ccccc4c4c(-c5cccc6c5c5ccccc5n6-c5nc(-c6ccccc6)nc(-c6ccccc6)n5)cccc43)n2)cc1. The summed E-state index contributed by atoms with van der Waals surface area (Å²) < 4.78 is 8.93. The van der Waals surface area contributed by atoms with Crippen LogP contribution < -0.4 is 0 Å². The molecule has 0 unspecified atom stereocenters. The fourth-order valence-electron chi connectivity index (χ4n) is 16.2. The van der Waals surface area contributed by atoms with Crippen LogP contribution in [0.1, 0.15) is 0 Å². The van der Waals surface area contributed by atoms with E-state index in [-0.39, 0.29) is 0 Å². The second-order valence-electron chi connectivity index (χ2n) is 27.6. The molecule has 15 aromatic carbocycles. The molecule has 0 radical (unpaired) electrons. The Bertz CT molecular complexity index is 6930. The summed E-state index contributed by atoms with van der Waals surface area (Å²) >= 11 is 0. The number of hydrogen-bond acceptors (Lipinski definition) is 9. The summed E-state index contributed by atoms with van der Waals surface area (Å²) in [7, 11) is 0. The van der Waals surface area contributed by atoms with E-state index in [2.05, 4.69) is 218 Å². The normalized spacial score (nSPS) is 11.6. The third-order valence-corrected chi connectivity index (χ3v) is 21.0. The van der Waals surface area contributed by atoms with E-state index in [9.17, 15) is 0 Å². The van der Waals surface area contributed by atoms with Crippen LogP contribution in [0.2, 0.25) is 0 Å². The first-order valence-corrected chi connectivity index (χ1v) is 37.4. The molecule has 0 spiro atoms. The fourth-order valence-corrected chi connectivity index (χ4v) is 16.2. The molecule has 0 fully saturated rings. The summed E-state index contributed by atoms with van der Waals surface area (Å²) in [6, 6.07) is 132. The molecule has 0 saturated heterocycles. The summed E-state index contributed by atoms with van der Waals surface area (Å²) in [5, 5.41) is 9.16. The molecule has 0 aliphatic carbocycles. The second kappa shape index (κ2) is 27.4. The maximum atomic E-state index is 5.18. The third-order valence-electron chi connectivity index (χ3n) is 21.0. The molecule has 13 heteroatoms. The van der Waals surface area contributed by atoms with E-state index in [0.29, 0.717) is 52.8 Å². The number of nitrogens with zero attached hydrogens (tertiary/aromatic N) is 13. The predicted molar refractivity (Wildman–Crippen MR) is 454 cm³/mol. The van der Waals surface area contributed by atoms with Gasteiger partial charge in [-0.3, -0.25) is 13.7 Å². The Labute approximate surface area is 642 Å². The van der Waals surface area contributed by atoms with Gasteiger partial charge in [0.15, 0.2) is 34.9 Å². The largest absolute Gasteiger partial charge is 0.309 e. The highest BCUT2D eigenvalue weighted by Crippen LogP contribution is 2.47. The standard InChI is InChI=1S/C54H34N8.C45H29N5/c1-5-19-35(20-6-1)49-55-50(36-21-7-2-8-22-36)58-53(57-49)61-43-31-15-13-27-41(43)47-39(29-17-33-45(47)61)40-30-18-34-46-48(40)42-28-14-16-32-44(42)62(46)54-59-51(37-23-9-3-10-24-37)56-52(60-54)38-25-11-4-12-26-38;1-4-16-30(17-5-1)43-46-44(31-18-6-2-7-19-31)48-45(47-43)50-38-27-13-11-23-36(38)42-34(25-15-29-40(42)50)33-24-14-28-39-41(33)35-22-10-12-26-37(35)49(39)32-20-8-3-9-21-32/h1-34H;1-29H. The monoisotopic (exact) mass is 1430 g/mol. The van der Waals surface area contributed by atoms with Crippen molar-refractivity contribution in [3.05, 3.63) is 382 Å². The zero-order valence-corrected chi connectivity index (χ0v) is 60.2. The molecule has 7 aromatic heterocycles. The Morgan fingerprint density at radius 1 is 0.143 bits per heavy atom. The van der Waals surface area contributed by atoms with Gasteiger partial charge in [-0.15, -0.1) is 0 Å². The molecule has 0 N–H and O–H groups in total. The lowest BCUT2D eigenvalue weighted by Gasteiger charge is -2.12. The number of aromatic nitrogens is 13. The van der Waals surface area contributed by atoms with Gasteiger partial charge in [-0.2, -0.15) is 29.9 Å². The molecule has 0 saturated carbocycles. The van der Waals surface area contributed by atoms with Gasteiger partial charge in [0.2, 0.25) is 17.8 Å². The Morgan fingerprint density at radius 2 is 0.330 bits per heavy atom. The molecule has 22 rings (SSSR count). The lowest BCUT2D eigenvalue weighted by atomic mass is 9.95. The highest BCUT2D eigenvalue weighted by atomic mass is 15.2. The van der Waals surface area contributed by atoms with Gasteiger partial charge in [0, 0.05) is 82.2 Å². The molecular weight excluding hydrogens is 1370 g/mol. The predicted octanol–water partition coefficient (Wildman–Crippen LogP) is 23.7. The van der Waals surface area contributed by atoms with Gasteiger partial charge < -0.3 is 4.57 Å². The second-order valence-corrected chi connectivity index (χ2v) is 27.6.